The van der Waals surface area contributed by atoms with E-state index in [2.05, 4.69) is 56.5 Å². The SMILES string of the molecule is CO[Si](C)(C)CCCCN.CO[Si](C)(C)CCc1ccccc1.O=[Si](O)[Si]([Si](=O)O)([Si](=O)O)[Si]([Si](=O)O)([Si](=O)O)[Si](=O)O. The van der Waals surface area contributed by atoms with Gasteiger partial charge >= 0.3 is 63.0 Å². The van der Waals surface area contributed by atoms with Crippen LogP contribution >= 0.6 is 0 Å². The third-order valence-corrected chi connectivity index (χ3v) is 107. The monoisotopic (exact) mass is 777 g/mol. The van der Waals surface area contributed by atoms with Gasteiger partial charge in [0.25, 0.3) is 0 Å². The summed E-state index contributed by atoms with van der Waals surface area (Å²) in [6.07, 6.45) is -7.70. The number of hydrogen-bond acceptors (Lipinski definition) is 9. The Labute approximate surface area is 262 Å². The molecule has 1 rings (SSSR count). The lowest BCUT2D eigenvalue weighted by Gasteiger charge is -2.23. The molecule has 15 nitrogen and oxygen atoms in total. The van der Waals surface area contributed by atoms with Crippen molar-refractivity contribution < 1.29 is 64.4 Å². The van der Waals surface area contributed by atoms with Crippen LogP contribution in [0, 0.1) is 0 Å². The lowest BCUT2D eigenvalue weighted by Crippen LogP contribution is -2.91. The predicted octanol–water partition coefficient (Wildman–Crippen LogP) is -2.44. The summed E-state index contributed by atoms with van der Waals surface area (Å²) in [7, 11) is -26.0. The molecule has 8 N–H and O–H groups in total. The van der Waals surface area contributed by atoms with Crippen molar-refractivity contribution in [1.82, 2.24) is 0 Å². The van der Waals surface area contributed by atoms with E-state index in [1.54, 1.807) is 0 Å². The molecule has 0 fully saturated rings. The summed E-state index contributed by atoms with van der Waals surface area (Å²) in [5.74, 6) is 0. The molecule has 0 radical (unpaired) electrons. The molecule has 1 aromatic rings. The highest BCUT2D eigenvalue weighted by Crippen LogP contribution is 2.19. The third kappa shape index (κ3) is 12.6. The quantitative estimate of drug-likeness (QED) is 0.0679. The van der Waals surface area contributed by atoms with E-state index in [4.69, 9.17) is 43.4 Å². The minimum Gasteiger partial charge on any atom is -0.542 e. The van der Waals surface area contributed by atoms with Crippen molar-refractivity contribution in [2.24, 2.45) is 5.73 Å². The predicted molar refractivity (Wildman–Crippen MR) is 170 cm³/mol. The second-order valence-corrected chi connectivity index (χ2v) is 69.7. The van der Waals surface area contributed by atoms with E-state index >= 15 is 0 Å². The molecule has 0 spiro atoms. The van der Waals surface area contributed by atoms with Gasteiger partial charge in [-0.15, -0.1) is 0 Å². The van der Waals surface area contributed by atoms with Crippen LogP contribution in [-0.2, 0) is 42.0 Å². The van der Waals surface area contributed by atoms with Crippen LogP contribution in [0.3, 0.4) is 0 Å². The number of unbranched alkanes of at least 4 members (excludes halogenated alkanes) is 1. The van der Waals surface area contributed by atoms with Gasteiger partial charge in [-0.1, -0.05) is 36.8 Å². The van der Waals surface area contributed by atoms with Crippen molar-refractivity contribution in [3.63, 3.8) is 0 Å². The van der Waals surface area contributed by atoms with E-state index < -0.39 is 79.6 Å². The lowest BCUT2D eigenvalue weighted by molar-refractivity contribution is 0.401. The topological polar surface area (TPSA) is 268 Å². The Kier molecular flexibility index (Phi) is 20.6. The second-order valence-electron chi connectivity index (χ2n) is 10.5. The van der Waals surface area contributed by atoms with Gasteiger partial charge in [-0.2, -0.15) is 0 Å². The van der Waals surface area contributed by atoms with E-state index in [-0.39, 0.29) is 0 Å². The molecule has 244 valence electrons. The molecule has 43 heavy (non-hydrogen) atoms. The Morgan fingerprint density at radius 2 is 0.930 bits per heavy atom. The molecule has 0 amide bonds. The minimum absolute atomic E-state index is 0.814. The van der Waals surface area contributed by atoms with Crippen LogP contribution in [-0.4, -0.2) is 129 Å². The fraction of sp³-hybridized carbons (Fsp3) is 0.667. The van der Waals surface area contributed by atoms with Crippen LogP contribution in [0.2, 0.25) is 38.3 Å². The second kappa shape index (κ2) is 20.1. The van der Waals surface area contributed by atoms with Crippen LogP contribution in [0.5, 0.6) is 0 Å². The summed E-state index contributed by atoms with van der Waals surface area (Å²) in [5.41, 5.74) is 6.79. The summed E-state index contributed by atoms with van der Waals surface area (Å²) >= 11 is 0. The first-order chi connectivity index (χ1) is 19.7. The number of hydrogen-bond donors (Lipinski definition) is 7. The molecule has 0 bridgehead atoms. The zero-order valence-electron chi connectivity index (χ0n) is 25.2. The van der Waals surface area contributed by atoms with Crippen LogP contribution in [0.25, 0.3) is 0 Å². The van der Waals surface area contributed by atoms with Gasteiger partial charge in [0.1, 0.15) is 0 Å². The molecule has 1 aromatic carbocycles. The molecular weight excluding hydrogens is 735 g/mol. The summed E-state index contributed by atoms with van der Waals surface area (Å²) < 4.78 is 79.1. The number of benzene rings is 1. The van der Waals surface area contributed by atoms with E-state index in [0.29, 0.717) is 0 Å². The maximum Gasteiger partial charge on any atom is 0.483 e. The van der Waals surface area contributed by atoms with E-state index in [1.165, 1.54) is 24.1 Å². The molecule has 0 unspecified atom stereocenters. The van der Waals surface area contributed by atoms with E-state index in [0.717, 1.165) is 19.4 Å². The van der Waals surface area contributed by atoms with Crippen molar-refractivity contribution in [1.29, 1.82) is 0 Å². The van der Waals surface area contributed by atoms with Gasteiger partial charge < -0.3 is 70.1 Å². The maximum atomic E-state index is 11.4. The largest absolute Gasteiger partial charge is 0.542 e. The average molecular weight is 778 g/mol. The Balaban J connectivity index is 0. The molecule has 0 aliphatic carbocycles. The van der Waals surface area contributed by atoms with Gasteiger partial charge in [-0.3, -0.25) is 0 Å². The molecule has 0 saturated carbocycles. The number of nitrogens with two attached hydrogens (primary N) is 1. The highest BCUT2D eigenvalue weighted by molar-refractivity contribution is 8.14. The highest BCUT2D eigenvalue weighted by Gasteiger charge is 2.91. The average Bonchev–Trinajstić information content (AvgIpc) is 2.90. The van der Waals surface area contributed by atoms with Gasteiger partial charge in [0.2, 0.25) is 0 Å². The first-order valence-electron chi connectivity index (χ1n) is 12.9. The molecule has 0 heterocycles. The zero-order chi connectivity index (χ0) is 34.2. The Bertz CT molecular complexity index is 1000. The third-order valence-electron chi connectivity index (χ3n) is 6.68. The molecular formula is C18H43NO14Si10. The Hall–Kier alpha value is -1.13. The van der Waals surface area contributed by atoms with E-state index in [9.17, 15) is 26.8 Å². The first-order valence-corrected chi connectivity index (χ1v) is 38.3. The molecule has 0 aliphatic heterocycles. The highest BCUT2D eigenvalue weighted by atomic mass is 30.4. The maximum absolute atomic E-state index is 11.4. The van der Waals surface area contributed by atoms with Gasteiger partial charge in [0.05, 0.1) is 0 Å². The van der Waals surface area contributed by atoms with Crippen molar-refractivity contribution >= 4 is 79.6 Å². The smallest absolute Gasteiger partial charge is 0.483 e. The fourth-order valence-corrected chi connectivity index (χ4v) is 97.2. The Morgan fingerprint density at radius 3 is 1.21 bits per heavy atom. The van der Waals surface area contributed by atoms with Crippen molar-refractivity contribution in [2.45, 2.75) is 57.5 Å². The van der Waals surface area contributed by atoms with Gasteiger partial charge in [-0.05, 0) is 63.2 Å². The van der Waals surface area contributed by atoms with E-state index in [1.807, 2.05) is 14.2 Å². The Morgan fingerprint density at radius 1 is 0.605 bits per heavy atom. The lowest BCUT2D eigenvalue weighted by atomic mass is 10.2. The standard InChI is InChI=1S/C11H18OSi.C7H19NOSi.H6O12Si8/c1-12-13(2,3)10-9-11-7-5-4-6-8-11;1-9-10(2,3)7-5-4-6-8;1-13(2)19(14(3)4,15(5)6)20(16(7)8,17(9)10)18(11)12/h4-8H,9-10H2,1-3H3;4-8H2,1-3H3;1,3,5,7,9,11H. The van der Waals surface area contributed by atoms with Crippen molar-refractivity contribution in [3.05, 3.63) is 35.9 Å². The molecule has 0 aromatic heterocycles. The van der Waals surface area contributed by atoms with Gasteiger partial charge in [0.15, 0.2) is 16.6 Å². The van der Waals surface area contributed by atoms with Crippen molar-refractivity contribution in [2.75, 3.05) is 20.8 Å². The first kappa shape index (κ1) is 44.0. The van der Waals surface area contributed by atoms with Gasteiger partial charge in [-0.25, -0.2) is 0 Å². The number of rotatable bonds is 16. The van der Waals surface area contributed by atoms with Crippen LogP contribution in [0.1, 0.15) is 18.4 Å². The summed E-state index contributed by atoms with van der Waals surface area (Å²) in [5, 5.41) is 0. The summed E-state index contributed by atoms with van der Waals surface area (Å²) in [4.78, 5) is 54.9. The summed E-state index contributed by atoms with van der Waals surface area (Å²) in [6, 6.07) is 13.0. The number of aryl methyl sites for hydroxylation is 1. The van der Waals surface area contributed by atoms with Crippen LogP contribution < -0.4 is 5.73 Å². The molecule has 25 heteroatoms. The van der Waals surface area contributed by atoms with Crippen molar-refractivity contribution in [3.8, 4) is 0 Å². The van der Waals surface area contributed by atoms with Crippen LogP contribution in [0.15, 0.2) is 30.3 Å². The molecule has 0 aliphatic rings. The van der Waals surface area contributed by atoms with Gasteiger partial charge in [0, 0.05) is 14.2 Å². The minimum atomic E-state index is -5.60. The summed E-state index contributed by atoms with van der Waals surface area (Å²) in [6.45, 7) is 9.81. The molecule has 0 atom stereocenters. The molecule has 0 saturated heterocycles. The zero-order valence-corrected chi connectivity index (χ0v) is 35.2. The normalized spacial score (nSPS) is 11.6. The fourth-order valence-electron chi connectivity index (χ4n) is 3.50. The van der Waals surface area contributed by atoms with Crippen LogP contribution in [0.4, 0.5) is 0 Å².